The third-order valence-electron chi connectivity index (χ3n) is 3.73. The van der Waals surface area contributed by atoms with Gasteiger partial charge in [0.15, 0.2) is 5.78 Å². The van der Waals surface area contributed by atoms with Gasteiger partial charge in [-0.05, 0) is 42.2 Å². The molecule has 106 valence electrons. The molecule has 4 heteroatoms. The molecule has 0 saturated heterocycles. The van der Waals surface area contributed by atoms with Gasteiger partial charge in [-0.3, -0.25) is 14.6 Å². The van der Waals surface area contributed by atoms with Crippen LogP contribution in [0.25, 0.3) is 0 Å². The smallest absolute Gasteiger partial charge is 0.217 e. The zero-order valence-electron chi connectivity index (χ0n) is 11.8. The van der Waals surface area contributed by atoms with Gasteiger partial charge in [-0.15, -0.1) is 0 Å². The molecule has 0 spiro atoms. The van der Waals surface area contributed by atoms with E-state index in [1.807, 2.05) is 18.2 Å². The van der Waals surface area contributed by atoms with Crippen molar-refractivity contribution in [1.29, 1.82) is 0 Å². The average Bonchev–Trinajstić information content (AvgIpc) is 2.87. The predicted molar refractivity (Wildman–Crippen MR) is 79.1 cm³/mol. The molecule has 4 nitrogen and oxygen atoms in total. The van der Waals surface area contributed by atoms with Crippen LogP contribution in [0.4, 0.5) is 0 Å². The van der Waals surface area contributed by atoms with E-state index in [1.54, 1.807) is 24.5 Å². The van der Waals surface area contributed by atoms with Crippen molar-refractivity contribution < 1.29 is 9.59 Å². The largest absolute Gasteiger partial charge is 0.353 e. The topological polar surface area (TPSA) is 59.1 Å². The van der Waals surface area contributed by atoms with Crippen LogP contribution in [0.5, 0.6) is 0 Å². The van der Waals surface area contributed by atoms with E-state index < -0.39 is 0 Å². The van der Waals surface area contributed by atoms with Crippen LogP contribution in [0.2, 0.25) is 0 Å². The van der Waals surface area contributed by atoms with Crippen LogP contribution < -0.4 is 5.32 Å². The third-order valence-corrected chi connectivity index (χ3v) is 3.73. The number of benzene rings is 1. The summed E-state index contributed by atoms with van der Waals surface area (Å²) in [6.45, 7) is 1.53. The number of hydrogen-bond donors (Lipinski definition) is 1. The zero-order valence-corrected chi connectivity index (χ0v) is 11.8. The number of carbonyl (C=O) groups is 2. The average molecular weight is 280 g/mol. The molecular formula is C17H16N2O2. The monoisotopic (exact) mass is 280 g/mol. The molecule has 1 atom stereocenters. The Balaban J connectivity index is 1.83. The van der Waals surface area contributed by atoms with Crippen molar-refractivity contribution in [2.45, 2.75) is 25.8 Å². The normalized spacial score (nSPS) is 16.3. The molecule has 0 aliphatic heterocycles. The molecule has 1 aromatic heterocycles. The first kappa shape index (κ1) is 13.5. The highest BCUT2D eigenvalue weighted by Gasteiger charge is 2.23. The Kier molecular flexibility index (Phi) is 3.52. The maximum Gasteiger partial charge on any atom is 0.217 e. The lowest BCUT2D eigenvalue weighted by molar-refractivity contribution is -0.119. The molecule has 1 aromatic carbocycles. The Labute approximate surface area is 123 Å². The molecule has 3 rings (SSSR count). The van der Waals surface area contributed by atoms with E-state index in [2.05, 4.69) is 10.3 Å². The van der Waals surface area contributed by atoms with Gasteiger partial charge in [0.25, 0.3) is 0 Å². The molecule has 1 aliphatic rings. The molecule has 0 saturated carbocycles. The van der Waals surface area contributed by atoms with Crippen molar-refractivity contribution in [3.8, 4) is 0 Å². The molecule has 1 amide bonds. The Morgan fingerprint density at radius 3 is 2.67 bits per heavy atom. The molecule has 1 heterocycles. The van der Waals surface area contributed by atoms with Crippen LogP contribution in [-0.4, -0.2) is 22.7 Å². The zero-order chi connectivity index (χ0) is 14.8. The summed E-state index contributed by atoms with van der Waals surface area (Å²) in [6.07, 6.45) is 4.84. The van der Waals surface area contributed by atoms with Gasteiger partial charge in [-0.25, -0.2) is 0 Å². The third kappa shape index (κ3) is 2.84. The van der Waals surface area contributed by atoms with E-state index in [-0.39, 0.29) is 17.7 Å². The number of amides is 1. The Bertz CT molecular complexity index is 695. The molecule has 0 fully saturated rings. The number of fused-ring (bicyclic) bond motifs is 1. The van der Waals surface area contributed by atoms with E-state index in [0.717, 1.165) is 18.4 Å². The van der Waals surface area contributed by atoms with Crippen LogP contribution in [-0.2, 0) is 17.6 Å². The Hall–Kier alpha value is -2.49. The van der Waals surface area contributed by atoms with Gasteiger partial charge in [0.2, 0.25) is 5.91 Å². The van der Waals surface area contributed by atoms with Crippen LogP contribution >= 0.6 is 0 Å². The number of carbonyl (C=O) groups excluding carboxylic acids is 2. The van der Waals surface area contributed by atoms with E-state index in [1.165, 1.54) is 12.5 Å². The Morgan fingerprint density at radius 2 is 1.95 bits per heavy atom. The number of rotatable bonds is 3. The van der Waals surface area contributed by atoms with Crippen molar-refractivity contribution in [3.63, 3.8) is 0 Å². The maximum atomic E-state index is 12.4. The van der Waals surface area contributed by atoms with Crippen molar-refractivity contribution in [2.75, 3.05) is 0 Å². The van der Waals surface area contributed by atoms with Gasteiger partial charge >= 0.3 is 0 Å². The molecule has 1 unspecified atom stereocenters. The minimum absolute atomic E-state index is 0.0144. The molecule has 0 radical (unpaired) electrons. The summed E-state index contributed by atoms with van der Waals surface area (Å²) in [7, 11) is 0. The lowest BCUT2D eigenvalue weighted by Gasteiger charge is -2.08. The van der Waals surface area contributed by atoms with Crippen molar-refractivity contribution >= 4 is 11.7 Å². The molecular weight excluding hydrogens is 264 g/mol. The quantitative estimate of drug-likeness (QED) is 0.874. The van der Waals surface area contributed by atoms with Gasteiger partial charge in [0, 0.05) is 36.5 Å². The highest BCUT2D eigenvalue weighted by Crippen LogP contribution is 2.24. The summed E-state index contributed by atoms with van der Waals surface area (Å²) >= 11 is 0. The molecule has 21 heavy (non-hydrogen) atoms. The fourth-order valence-corrected chi connectivity index (χ4v) is 2.81. The number of nitrogens with zero attached hydrogens (tertiary/aromatic N) is 1. The first-order valence-corrected chi connectivity index (χ1v) is 6.97. The lowest BCUT2D eigenvalue weighted by Crippen LogP contribution is -2.33. The van der Waals surface area contributed by atoms with Gasteiger partial charge in [-0.1, -0.05) is 12.1 Å². The highest BCUT2D eigenvalue weighted by atomic mass is 16.1. The highest BCUT2D eigenvalue weighted by molar-refractivity contribution is 6.08. The van der Waals surface area contributed by atoms with Gasteiger partial charge < -0.3 is 5.32 Å². The van der Waals surface area contributed by atoms with Crippen LogP contribution in [0.3, 0.4) is 0 Å². The van der Waals surface area contributed by atoms with Crippen LogP contribution in [0.15, 0.2) is 42.7 Å². The molecule has 2 aromatic rings. The summed E-state index contributed by atoms with van der Waals surface area (Å²) in [4.78, 5) is 27.5. The first-order valence-electron chi connectivity index (χ1n) is 6.97. The van der Waals surface area contributed by atoms with E-state index in [0.29, 0.717) is 11.1 Å². The first-order chi connectivity index (χ1) is 10.1. The molecule has 0 bridgehead atoms. The molecule has 1 aliphatic carbocycles. The Morgan fingerprint density at radius 1 is 1.14 bits per heavy atom. The van der Waals surface area contributed by atoms with Gasteiger partial charge in [-0.2, -0.15) is 0 Å². The number of hydrogen-bond acceptors (Lipinski definition) is 3. The van der Waals surface area contributed by atoms with Crippen molar-refractivity contribution in [3.05, 3.63) is 65.0 Å². The number of ketones is 1. The van der Waals surface area contributed by atoms with Crippen molar-refractivity contribution in [1.82, 2.24) is 10.3 Å². The van der Waals surface area contributed by atoms with E-state index in [9.17, 15) is 9.59 Å². The maximum absolute atomic E-state index is 12.4. The van der Waals surface area contributed by atoms with E-state index in [4.69, 9.17) is 0 Å². The lowest BCUT2D eigenvalue weighted by atomic mass is 10.0. The summed E-state index contributed by atoms with van der Waals surface area (Å²) in [5.41, 5.74) is 3.61. The van der Waals surface area contributed by atoms with Crippen LogP contribution in [0, 0.1) is 0 Å². The predicted octanol–water partition coefficient (Wildman–Crippen LogP) is 1.92. The fraction of sp³-hybridized carbons (Fsp3) is 0.235. The second-order valence-electron chi connectivity index (χ2n) is 5.36. The standard InChI is InChI=1S/C17H16N2O2/c1-11(20)19-16-8-12-4-5-13(7-15(12)9-16)17(21)14-3-2-6-18-10-14/h2-7,10,16H,8-9H2,1H3,(H,19,20). The second kappa shape index (κ2) is 5.48. The fourth-order valence-electron chi connectivity index (χ4n) is 2.81. The van der Waals surface area contributed by atoms with Gasteiger partial charge in [0.1, 0.15) is 0 Å². The SMILES string of the molecule is CC(=O)NC1Cc2ccc(C(=O)c3cccnc3)cc2C1. The van der Waals surface area contributed by atoms with Crippen LogP contribution in [0.1, 0.15) is 34.0 Å². The van der Waals surface area contributed by atoms with Crippen molar-refractivity contribution in [2.24, 2.45) is 0 Å². The second-order valence-corrected chi connectivity index (χ2v) is 5.36. The minimum Gasteiger partial charge on any atom is -0.353 e. The summed E-state index contributed by atoms with van der Waals surface area (Å²) in [6, 6.07) is 9.44. The van der Waals surface area contributed by atoms with E-state index >= 15 is 0 Å². The summed E-state index contributed by atoms with van der Waals surface area (Å²) in [5, 5.41) is 2.94. The number of pyridine rings is 1. The molecule has 1 N–H and O–H groups in total. The number of nitrogens with one attached hydrogen (secondary N) is 1. The van der Waals surface area contributed by atoms with Gasteiger partial charge in [0.05, 0.1) is 0 Å². The summed E-state index contributed by atoms with van der Waals surface area (Å²) < 4.78 is 0. The minimum atomic E-state index is -0.0196. The number of aromatic nitrogens is 1. The summed E-state index contributed by atoms with van der Waals surface area (Å²) in [5.74, 6) is -0.0339.